The van der Waals surface area contributed by atoms with E-state index in [-0.39, 0.29) is 0 Å². The molecule has 1 unspecified atom stereocenters. The Morgan fingerprint density at radius 1 is 1.25 bits per heavy atom. The van der Waals surface area contributed by atoms with Crippen LogP contribution in [0.25, 0.3) is 0 Å². The minimum atomic E-state index is -1.63. The van der Waals surface area contributed by atoms with Crippen LogP contribution in [0, 0.1) is 0 Å². The van der Waals surface area contributed by atoms with Crippen molar-refractivity contribution in [2.45, 2.75) is 26.3 Å². The SMILES string of the molecule is CCO[SiH](OCC)C(C)c1cccc(Cl)c1. The van der Waals surface area contributed by atoms with Crippen LogP contribution in [-0.4, -0.2) is 22.5 Å². The molecule has 0 bridgehead atoms. The first-order chi connectivity index (χ1) is 7.69. The topological polar surface area (TPSA) is 18.5 Å². The van der Waals surface area contributed by atoms with E-state index in [0.29, 0.717) is 18.8 Å². The van der Waals surface area contributed by atoms with Gasteiger partial charge in [0.1, 0.15) is 0 Å². The molecule has 16 heavy (non-hydrogen) atoms. The van der Waals surface area contributed by atoms with Gasteiger partial charge >= 0.3 is 9.28 Å². The molecule has 0 aliphatic rings. The van der Waals surface area contributed by atoms with E-state index >= 15 is 0 Å². The van der Waals surface area contributed by atoms with E-state index < -0.39 is 9.28 Å². The van der Waals surface area contributed by atoms with Crippen LogP contribution in [0.5, 0.6) is 0 Å². The summed E-state index contributed by atoms with van der Waals surface area (Å²) >= 11 is 5.98. The van der Waals surface area contributed by atoms with Crippen LogP contribution < -0.4 is 0 Å². The van der Waals surface area contributed by atoms with Crippen LogP contribution in [0.1, 0.15) is 31.9 Å². The second kappa shape index (κ2) is 7.07. The summed E-state index contributed by atoms with van der Waals surface area (Å²) in [7, 11) is -1.63. The summed E-state index contributed by atoms with van der Waals surface area (Å²) in [5.74, 6) is 0. The maximum atomic E-state index is 5.98. The summed E-state index contributed by atoms with van der Waals surface area (Å²) in [5, 5.41) is 0.769. The highest BCUT2D eigenvalue weighted by atomic mass is 35.5. The lowest BCUT2D eigenvalue weighted by Crippen LogP contribution is -2.29. The second-order valence-electron chi connectivity index (χ2n) is 3.62. The van der Waals surface area contributed by atoms with Gasteiger partial charge in [-0.05, 0) is 31.5 Å². The summed E-state index contributed by atoms with van der Waals surface area (Å²) in [6.45, 7) is 7.57. The minimum Gasteiger partial charge on any atom is -0.396 e. The normalized spacial score (nSPS) is 13.1. The van der Waals surface area contributed by atoms with Crippen molar-refractivity contribution in [2.24, 2.45) is 0 Å². The first kappa shape index (κ1) is 13.7. The molecule has 1 aromatic carbocycles. The molecule has 1 atom stereocenters. The van der Waals surface area contributed by atoms with Crippen LogP contribution in [0.2, 0.25) is 5.02 Å². The van der Waals surface area contributed by atoms with Crippen LogP contribution in [0.15, 0.2) is 24.3 Å². The van der Waals surface area contributed by atoms with E-state index in [4.69, 9.17) is 20.5 Å². The summed E-state index contributed by atoms with van der Waals surface area (Å²) in [4.78, 5) is 0. The zero-order valence-electron chi connectivity index (χ0n) is 10.1. The fourth-order valence-corrected chi connectivity index (χ4v) is 3.66. The van der Waals surface area contributed by atoms with Gasteiger partial charge in [0.15, 0.2) is 0 Å². The lowest BCUT2D eigenvalue weighted by molar-refractivity contribution is 0.206. The number of rotatable bonds is 6. The maximum Gasteiger partial charge on any atom is 0.328 e. The van der Waals surface area contributed by atoms with E-state index in [9.17, 15) is 0 Å². The van der Waals surface area contributed by atoms with Crippen molar-refractivity contribution in [3.05, 3.63) is 34.9 Å². The summed E-state index contributed by atoms with van der Waals surface area (Å²) in [6.07, 6.45) is 0. The largest absolute Gasteiger partial charge is 0.396 e. The summed E-state index contributed by atoms with van der Waals surface area (Å²) in [5.41, 5.74) is 1.52. The van der Waals surface area contributed by atoms with Gasteiger partial charge in [0.2, 0.25) is 0 Å². The van der Waals surface area contributed by atoms with E-state index in [1.807, 2.05) is 32.0 Å². The van der Waals surface area contributed by atoms with Crippen molar-refractivity contribution in [1.82, 2.24) is 0 Å². The third-order valence-corrected chi connectivity index (χ3v) is 5.20. The second-order valence-corrected chi connectivity index (χ2v) is 6.46. The highest BCUT2D eigenvalue weighted by Crippen LogP contribution is 2.22. The Hall–Kier alpha value is -0.353. The minimum absolute atomic E-state index is 0.318. The predicted octanol–water partition coefficient (Wildman–Crippen LogP) is 3.28. The molecular weight excluding hydrogens is 240 g/mol. The van der Waals surface area contributed by atoms with Gasteiger partial charge in [0.05, 0.1) is 0 Å². The van der Waals surface area contributed by atoms with Gasteiger partial charge in [0, 0.05) is 23.8 Å². The molecule has 0 aromatic heterocycles. The van der Waals surface area contributed by atoms with Crippen LogP contribution in [0.3, 0.4) is 0 Å². The lowest BCUT2D eigenvalue weighted by Gasteiger charge is -2.21. The zero-order chi connectivity index (χ0) is 12.0. The Balaban J connectivity index is 2.76. The Morgan fingerprint density at radius 3 is 2.38 bits per heavy atom. The molecule has 0 N–H and O–H groups in total. The number of halogens is 1. The maximum absolute atomic E-state index is 5.98. The molecule has 0 saturated heterocycles. The summed E-state index contributed by atoms with van der Waals surface area (Å²) < 4.78 is 11.4. The zero-order valence-corrected chi connectivity index (χ0v) is 12.0. The Kier molecular flexibility index (Phi) is 6.06. The molecule has 90 valence electrons. The highest BCUT2D eigenvalue weighted by molar-refractivity contribution is 6.46. The number of hydrogen-bond donors (Lipinski definition) is 0. The molecular formula is C12H19ClO2Si. The van der Waals surface area contributed by atoms with Crippen LogP contribution in [0.4, 0.5) is 0 Å². The lowest BCUT2D eigenvalue weighted by atomic mass is 10.2. The van der Waals surface area contributed by atoms with Gasteiger partial charge in [-0.3, -0.25) is 0 Å². The van der Waals surface area contributed by atoms with Gasteiger partial charge < -0.3 is 8.85 Å². The van der Waals surface area contributed by atoms with E-state index in [1.165, 1.54) is 5.56 Å². The summed E-state index contributed by atoms with van der Waals surface area (Å²) in [6, 6.07) is 7.92. The molecule has 0 radical (unpaired) electrons. The van der Waals surface area contributed by atoms with Crippen molar-refractivity contribution in [3.8, 4) is 0 Å². The van der Waals surface area contributed by atoms with Gasteiger partial charge in [-0.1, -0.05) is 30.7 Å². The molecule has 4 heteroatoms. The Morgan fingerprint density at radius 2 is 1.88 bits per heavy atom. The van der Waals surface area contributed by atoms with E-state index in [0.717, 1.165) is 5.02 Å². The van der Waals surface area contributed by atoms with Crippen molar-refractivity contribution < 1.29 is 8.85 Å². The molecule has 0 aliphatic carbocycles. The standard InChI is InChI=1S/C12H19ClO2Si/c1-4-14-16(15-5-2)10(3)11-7-6-8-12(13)9-11/h6-10,16H,4-5H2,1-3H3. The predicted molar refractivity (Wildman–Crippen MR) is 70.3 cm³/mol. The number of hydrogen-bond acceptors (Lipinski definition) is 2. The molecule has 0 heterocycles. The average Bonchev–Trinajstić information content (AvgIpc) is 2.28. The third-order valence-electron chi connectivity index (χ3n) is 2.44. The fourth-order valence-electron chi connectivity index (χ4n) is 1.61. The number of benzene rings is 1. The molecule has 0 amide bonds. The van der Waals surface area contributed by atoms with Crippen molar-refractivity contribution >= 4 is 20.9 Å². The van der Waals surface area contributed by atoms with Crippen molar-refractivity contribution in [3.63, 3.8) is 0 Å². The highest BCUT2D eigenvalue weighted by Gasteiger charge is 2.23. The Bertz CT molecular complexity index is 314. The molecule has 1 aromatic rings. The van der Waals surface area contributed by atoms with E-state index in [1.54, 1.807) is 0 Å². The molecule has 0 saturated carbocycles. The van der Waals surface area contributed by atoms with Crippen molar-refractivity contribution in [1.29, 1.82) is 0 Å². The molecule has 2 nitrogen and oxygen atoms in total. The average molecular weight is 259 g/mol. The molecule has 0 spiro atoms. The first-order valence-electron chi connectivity index (χ1n) is 5.67. The van der Waals surface area contributed by atoms with Gasteiger partial charge in [-0.2, -0.15) is 0 Å². The third kappa shape index (κ3) is 3.90. The fraction of sp³-hybridized carbons (Fsp3) is 0.500. The van der Waals surface area contributed by atoms with Crippen LogP contribution in [-0.2, 0) is 8.85 Å². The molecule has 0 fully saturated rings. The smallest absolute Gasteiger partial charge is 0.328 e. The first-order valence-corrected chi connectivity index (χ1v) is 7.66. The molecule has 1 rings (SSSR count). The van der Waals surface area contributed by atoms with Crippen LogP contribution >= 0.6 is 11.6 Å². The van der Waals surface area contributed by atoms with Gasteiger partial charge in [-0.15, -0.1) is 0 Å². The van der Waals surface area contributed by atoms with Gasteiger partial charge in [0.25, 0.3) is 0 Å². The van der Waals surface area contributed by atoms with Crippen molar-refractivity contribution in [2.75, 3.05) is 13.2 Å². The molecule has 0 aliphatic heterocycles. The Labute approximate surface area is 104 Å². The monoisotopic (exact) mass is 258 g/mol. The quantitative estimate of drug-likeness (QED) is 0.729. The van der Waals surface area contributed by atoms with E-state index in [2.05, 4.69) is 13.0 Å². The van der Waals surface area contributed by atoms with Gasteiger partial charge in [-0.25, -0.2) is 0 Å².